The summed E-state index contributed by atoms with van der Waals surface area (Å²) in [5.41, 5.74) is 5.44. The van der Waals surface area contributed by atoms with Crippen molar-refractivity contribution in [2.45, 2.75) is 98.1 Å². The normalized spacial score (nSPS) is 13.4. The Morgan fingerprint density at radius 2 is 1.49 bits per heavy atom. The zero-order valence-corrected chi connectivity index (χ0v) is 24.4. The molecule has 220 valence electrons. The third kappa shape index (κ3) is 13.0. The maximum Gasteiger partial charge on any atom is 0.508 e. The summed E-state index contributed by atoms with van der Waals surface area (Å²) in [6, 6.07) is 4.63. The van der Waals surface area contributed by atoms with E-state index in [0.717, 1.165) is 19.3 Å². The number of carbonyl (C=O) groups excluding carboxylic acids is 4. The number of ether oxygens (including phenoxy) is 5. The van der Waals surface area contributed by atoms with E-state index in [-0.39, 0.29) is 55.6 Å². The first-order valence-electron chi connectivity index (χ1n) is 13.5. The number of methoxy groups -OCH3 is 1. The molecular weight excluding hydrogens is 506 g/mol. The molecule has 0 aliphatic heterocycles. The van der Waals surface area contributed by atoms with Crippen molar-refractivity contribution in [2.24, 2.45) is 17.6 Å². The zero-order valence-electron chi connectivity index (χ0n) is 24.4. The van der Waals surface area contributed by atoms with Gasteiger partial charge in [0.1, 0.15) is 11.6 Å². The number of unbranched alkanes of at least 4 members (excludes halogenated alkanes) is 2. The maximum absolute atomic E-state index is 12.7. The van der Waals surface area contributed by atoms with Gasteiger partial charge >= 0.3 is 24.1 Å². The van der Waals surface area contributed by atoms with Gasteiger partial charge in [0, 0.05) is 25.7 Å². The second-order valence-corrected chi connectivity index (χ2v) is 10.7. The van der Waals surface area contributed by atoms with Crippen LogP contribution in [-0.2, 0) is 35.0 Å². The molecule has 1 aromatic rings. The van der Waals surface area contributed by atoms with Gasteiger partial charge < -0.3 is 29.4 Å². The summed E-state index contributed by atoms with van der Waals surface area (Å²) >= 11 is 0. The summed E-state index contributed by atoms with van der Waals surface area (Å²) in [5, 5.41) is 0. The Labute approximate surface area is 231 Å². The van der Waals surface area contributed by atoms with Crippen LogP contribution in [0, 0.1) is 11.8 Å². The summed E-state index contributed by atoms with van der Waals surface area (Å²) in [7, 11) is 1.22. The molecule has 0 fully saturated rings. The van der Waals surface area contributed by atoms with Gasteiger partial charge in [-0.2, -0.15) is 0 Å². The minimum Gasteiger partial charge on any atom is -0.468 e. The van der Waals surface area contributed by atoms with Crippen LogP contribution >= 0.6 is 0 Å². The van der Waals surface area contributed by atoms with Crippen molar-refractivity contribution in [1.82, 2.24) is 0 Å². The number of nitrogens with two attached hydrogens (primary N) is 1. The van der Waals surface area contributed by atoms with E-state index in [1.807, 2.05) is 34.6 Å². The molecule has 1 rings (SSSR count). The zero-order chi connectivity index (χ0) is 29.6. The summed E-state index contributed by atoms with van der Waals surface area (Å²) in [5.74, 6) is -1.39. The molecule has 1 unspecified atom stereocenters. The lowest BCUT2D eigenvalue weighted by Gasteiger charge is -2.29. The lowest BCUT2D eigenvalue weighted by atomic mass is 9.86. The summed E-state index contributed by atoms with van der Waals surface area (Å²) in [4.78, 5) is 49.5. The number of hydrogen-bond acceptors (Lipinski definition) is 10. The molecule has 0 spiro atoms. The Bertz CT molecular complexity index is 960. The van der Waals surface area contributed by atoms with Gasteiger partial charge in [-0.05, 0) is 42.9 Å². The first-order chi connectivity index (χ1) is 18.3. The minimum atomic E-state index is -1.58. The van der Waals surface area contributed by atoms with Gasteiger partial charge in [0.25, 0.3) is 0 Å². The molecule has 0 bridgehead atoms. The number of rotatable bonds is 16. The Morgan fingerprint density at radius 1 is 0.897 bits per heavy atom. The van der Waals surface area contributed by atoms with Crippen molar-refractivity contribution in [3.63, 3.8) is 0 Å². The van der Waals surface area contributed by atoms with Crippen LogP contribution in [0.1, 0.15) is 85.6 Å². The number of benzene rings is 1. The number of carbonyl (C=O) groups is 4. The van der Waals surface area contributed by atoms with Gasteiger partial charge in [-0.1, -0.05) is 53.5 Å². The minimum absolute atomic E-state index is 0.0339. The molecule has 0 radical (unpaired) electrons. The standard InChI is InChI=1S/C29H45NO9/c1-8-9-10-13-36-28(34)37-21(6)17-29(30,27(33)35-7)18-22-11-12-23(38-25(31)14-19(2)3)24(16-22)39-26(32)15-20(4)5/h11-12,16,19-21H,8-10,13-15,17-18,30H2,1-7H3/t21-,29?/m0/s1. The molecule has 39 heavy (non-hydrogen) atoms. The Kier molecular flexibility index (Phi) is 14.5. The Morgan fingerprint density at radius 3 is 2.03 bits per heavy atom. The van der Waals surface area contributed by atoms with E-state index in [1.165, 1.54) is 19.2 Å². The van der Waals surface area contributed by atoms with E-state index in [9.17, 15) is 19.2 Å². The maximum atomic E-state index is 12.7. The van der Waals surface area contributed by atoms with E-state index in [4.69, 9.17) is 29.4 Å². The first kappa shape index (κ1) is 33.9. The highest BCUT2D eigenvalue weighted by Crippen LogP contribution is 2.32. The molecule has 10 heteroatoms. The molecule has 1 aromatic carbocycles. The van der Waals surface area contributed by atoms with Crippen LogP contribution in [0.25, 0.3) is 0 Å². The molecule has 0 amide bonds. The average molecular weight is 552 g/mol. The van der Waals surface area contributed by atoms with Gasteiger partial charge in [-0.15, -0.1) is 0 Å². The van der Waals surface area contributed by atoms with Gasteiger partial charge in [0.2, 0.25) is 0 Å². The van der Waals surface area contributed by atoms with Gasteiger partial charge in [0.15, 0.2) is 11.5 Å². The van der Waals surface area contributed by atoms with Gasteiger partial charge in [-0.25, -0.2) is 4.79 Å². The van der Waals surface area contributed by atoms with Gasteiger partial charge in [0.05, 0.1) is 13.7 Å². The van der Waals surface area contributed by atoms with E-state index < -0.39 is 35.7 Å². The van der Waals surface area contributed by atoms with Crippen molar-refractivity contribution < 1.29 is 42.9 Å². The van der Waals surface area contributed by atoms with Crippen LogP contribution in [0.15, 0.2) is 18.2 Å². The predicted octanol–water partition coefficient (Wildman–Crippen LogP) is 5.12. The van der Waals surface area contributed by atoms with E-state index in [1.54, 1.807) is 13.0 Å². The van der Waals surface area contributed by atoms with Crippen molar-refractivity contribution >= 4 is 24.1 Å². The quantitative estimate of drug-likeness (QED) is 0.167. The molecule has 0 aliphatic carbocycles. The van der Waals surface area contributed by atoms with Crippen molar-refractivity contribution in [2.75, 3.05) is 13.7 Å². The van der Waals surface area contributed by atoms with Crippen LogP contribution in [0.5, 0.6) is 11.5 Å². The summed E-state index contributed by atoms with van der Waals surface area (Å²) in [6.45, 7) is 11.4. The molecule has 2 atom stereocenters. The van der Waals surface area contributed by atoms with Crippen LogP contribution < -0.4 is 15.2 Å². The smallest absolute Gasteiger partial charge is 0.468 e. The molecular formula is C29H45NO9. The number of hydrogen-bond donors (Lipinski definition) is 1. The van der Waals surface area contributed by atoms with Crippen molar-refractivity contribution in [3.8, 4) is 11.5 Å². The largest absolute Gasteiger partial charge is 0.508 e. The second-order valence-electron chi connectivity index (χ2n) is 10.7. The molecule has 0 heterocycles. The fourth-order valence-electron chi connectivity index (χ4n) is 3.88. The van der Waals surface area contributed by atoms with E-state index >= 15 is 0 Å². The third-order valence-electron chi connectivity index (χ3n) is 5.63. The van der Waals surface area contributed by atoms with Gasteiger partial charge in [-0.3, -0.25) is 14.4 Å². The second kappa shape index (κ2) is 16.7. The van der Waals surface area contributed by atoms with Crippen LogP contribution in [0.4, 0.5) is 4.79 Å². The Hall–Kier alpha value is -3.14. The molecule has 0 saturated heterocycles. The molecule has 0 saturated carbocycles. The first-order valence-corrected chi connectivity index (χ1v) is 13.5. The van der Waals surface area contributed by atoms with Crippen LogP contribution in [-0.4, -0.2) is 49.4 Å². The number of esters is 3. The van der Waals surface area contributed by atoms with E-state index in [2.05, 4.69) is 0 Å². The lowest BCUT2D eigenvalue weighted by Crippen LogP contribution is -2.53. The highest BCUT2D eigenvalue weighted by Gasteiger charge is 2.38. The topological polar surface area (TPSA) is 140 Å². The summed E-state index contributed by atoms with van der Waals surface area (Å²) in [6.07, 6.45) is 1.32. The fraction of sp³-hybridized carbons (Fsp3) is 0.655. The van der Waals surface area contributed by atoms with Crippen LogP contribution in [0.2, 0.25) is 0 Å². The molecule has 2 N–H and O–H groups in total. The molecule has 10 nitrogen and oxygen atoms in total. The van der Waals surface area contributed by atoms with Crippen molar-refractivity contribution in [3.05, 3.63) is 23.8 Å². The highest BCUT2D eigenvalue weighted by atomic mass is 16.7. The third-order valence-corrected chi connectivity index (χ3v) is 5.63. The predicted molar refractivity (Wildman–Crippen MR) is 145 cm³/mol. The average Bonchev–Trinajstić information content (AvgIpc) is 2.81. The van der Waals surface area contributed by atoms with E-state index in [0.29, 0.717) is 5.56 Å². The monoisotopic (exact) mass is 551 g/mol. The summed E-state index contributed by atoms with van der Waals surface area (Å²) < 4.78 is 26.3. The van der Waals surface area contributed by atoms with Crippen LogP contribution in [0.3, 0.4) is 0 Å². The lowest BCUT2D eigenvalue weighted by molar-refractivity contribution is -0.148. The molecule has 0 aromatic heterocycles. The van der Waals surface area contributed by atoms with Crippen molar-refractivity contribution in [1.29, 1.82) is 0 Å². The SMILES string of the molecule is CCCCCOC(=O)O[C@@H](C)CC(N)(Cc1ccc(OC(=O)CC(C)C)c(OC(=O)CC(C)C)c1)C(=O)OC. The molecule has 0 aliphatic rings. The Balaban J connectivity index is 3.13. The highest BCUT2D eigenvalue weighted by molar-refractivity contribution is 5.81. The fourth-order valence-corrected chi connectivity index (χ4v) is 3.88.